The van der Waals surface area contributed by atoms with E-state index in [1.54, 1.807) is 28.3 Å². The molecular weight excluding hydrogens is 436 g/mol. The molecule has 32 heavy (non-hydrogen) atoms. The number of imidazole rings is 1. The largest absolute Gasteiger partial charge is 0.394 e. The van der Waals surface area contributed by atoms with E-state index in [9.17, 15) is 25.4 Å². The molecule has 0 amide bonds. The summed E-state index contributed by atoms with van der Waals surface area (Å²) in [6, 6.07) is 15.3. The Morgan fingerprint density at radius 2 is 1.78 bits per heavy atom. The van der Waals surface area contributed by atoms with Crippen molar-refractivity contribution in [3.8, 4) is 11.3 Å². The number of nitro benzene ring substituents is 1. The van der Waals surface area contributed by atoms with Crippen LogP contribution in [0.3, 0.4) is 0 Å². The highest BCUT2D eigenvalue weighted by atomic mass is 32.1. The third-order valence-corrected chi connectivity index (χ3v) is 5.84. The number of nitrogens with one attached hydrogen (secondary N) is 1. The van der Waals surface area contributed by atoms with Crippen LogP contribution in [0.2, 0.25) is 0 Å². The summed E-state index contributed by atoms with van der Waals surface area (Å²) >= 11 is 5.69. The number of rotatable bonds is 6. The summed E-state index contributed by atoms with van der Waals surface area (Å²) < 4.78 is 9.16. The Kier molecular flexibility index (Phi) is 6.09. The quantitative estimate of drug-likeness (QED) is 0.251. The van der Waals surface area contributed by atoms with E-state index in [0.717, 1.165) is 5.56 Å². The highest BCUT2D eigenvalue weighted by Crippen LogP contribution is 2.35. The maximum absolute atomic E-state index is 11.0. The number of benzene rings is 2. The molecule has 11 heteroatoms. The lowest BCUT2D eigenvalue weighted by atomic mass is 10.1. The van der Waals surface area contributed by atoms with Crippen molar-refractivity contribution in [1.29, 1.82) is 0 Å². The predicted octanol–water partition coefficient (Wildman–Crippen LogP) is 2.39. The van der Waals surface area contributed by atoms with Crippen LogP contribution < -0.4 is 5.43 Å². The van der Waals surface area contributed by atoms with Gasteiger partial charge in [-0.25, -0.2) is 4.68 Å². The summed E-state index contributed by atoms with van der Waals surface area (Å²) in [5.74, 6) is 0. The molecule has 4 rings (SSSR count). The van der Waals surface area contributed by atoms with E-state index >= 15 is 0 Å². The van der Waals surface area contributed by atoms with E-state index in [1.807, 2.05) is 30.3 Å². The van der Waals surface area contributed by atoms with Gasteiger partial charge in [-0.15, -0.1) is 0 Å². The molecule has 0 aliphatic carbocycles. The van der Waals surface area contributed by atoms with Crippen molar-refractivity contribution < 1.29 is 25.0 Å². The summed E-state index contributed by atoms with van der Waals surface area (Å²) in [5, 5.41) is 41.2. The third-order valence-electron chi connectivity index (χ3n) is 5.46. The molecule has 1 fully saturated rings. The molecule has 0 spiro atoms. The molecule has 1 aliphatic rings. The Bertz CT molecular complexity index is 1180. The number of aliphatic hydroxyl groups excluding tert-OH is 3. The van der Waals surface area contributed by atoms with E-state index in [-0.39, 0.29) is 10.5 Å². The third kappa shape index (κ3) is 3.80. The zero-order chi connectivity index (χ0) is 23.0. The van der Waals surface area contributed by atoms with Crippen molar-refractivity contribution in [3.63, 3.8) is 0 Å². The summed E-state index contributed by atoms with van der Waals surface area (Å²) in [7, 11) is 0. The Hall–Kier alpha value is -3.09. The lowest BCUT2D eigenvalue weighted by molar-refractivity contribution is -0.384. The Labute approximate surface area is 188 Å². The van der Waals surface area contributed by atoms with Crippen molar-refractivity contribution in [2.75, 3.05) is 12.0 Å². The first-order valence-corrected chi connectivity index (χ1v) is 10.3. The van der Waals surface area contributed by atoms with Gasteiger partial charge < -0.3 is 20.1 Å². The van der Waals surface area contributed by atoms with Gasteiger partial charge in [-0.2, -0.15) is 0 Å². The van der Waals surface area contributed by atoms with Crippen LogP contribution in [0.25, 0.3) is 11.3 Å². The minimum absolute atomic E-state index is 0.0392. The molecule has 1 aliphatic heterocycles. The lowest BCUT2D eigenvalue weighted by Crippen LogP contribution is -2.33. The molecule has 168 valence electrons. The topological polar surface area (TPSA) is 135 Å². The van der Waals surface area contributed by atoms with E-state index in [1.165, 1.54) is 12.1 Å². The van der Waals surface area contributed by atoms with Gasteiger partial charge in [-0.05, 0) is 31.3 Å². The number of hydrogen-bond donors (Lipinski definition) is 4. The van der Waals surface area contributed by atoms with E-state index in [4.69, 9.17) is 17.0 Å². The maximum Gasteiger partial charge on any atom is 0.269 e. The van der Waals surface area contributed by atoms with E-state index in [0.29, 0.717) is 17.1 Å². The first kappa shape index (κ1) is 22.1. The van der Waals surface area contributed by atoms with Crippen LogP contribution in [0.4, 0.5) is 11.4 Å². The lowest BCUT2D eigenvalue weighted by Gasteiger charge is -2.18. The Balaban J connectivity index is 1.83. The number of nitrogens with zero attached hydrogens (tertiary/aromatic N) is 3. The van der Waals surface area contributed by atoms with Crippen molar-refractivity contribution in [3.05, 3.63) is 75.2 Å². The number of aromatic nitrogens is 2. The molecule has 4 N–H and O–H groups in total. The van der Waals surface area contributed by atoms with Gasteiger partial charge in [0.15, 0.2) is 6.23 Å². The fourth-order valence-electron chi connectivity index (χ4n) is 3.84. The minimum Gasteiger partial charge on any atom is -0.394 e. The smallest absolute Gasteiger partial charge is 0.269 e. The van der Waals surface area contributed by atoms with Crippen molar-refractivity contribution in [2.45, 2.75) is 31.5 Å². The van der Waals surface area contributed by atoms with Gasteiger partial charge in [0.05, 0.1) is 22.9 Å². The number of anilines is 1. The SMILES string of the molecule is Cc1c(-c2ccccc2)n(Nc2ccc([N+](=O)[O-])cc2)c(=S)n1[C@@H]1O[C@H](CO)[C@@H](O)[C@H]1O. The first-order valence-electron chi connectivity index (χ1n) is 9.86. The fourth-order valence-corrected chi connectivity index (χ4v) is 4.22. The molecule has 0 bridgehead atoms. The van der Waals surface area contributed by atoms with E-state index in [2.05, 4.69) is 5.43 Å². The zero-order valence-corrected chi connectivity index (χ0v) is 17.8. The molecular formula is C21H22N4O6S. The Morgan fingerprint density at radius 1 is 1.12 bits per heavy atom. The molecule has 0 saturated carbocycles. The van der Waals surface area contributed by atoms with Gasteiger partial charge >= 0.3 is 0 Å². The van der Waals surface area contributed by atoms with Crippen LogP contribution in [0.5, 0.6) is 0 Å². The molecule has 4 atom stereocenters. The number of hydrogen-bond acceptors (Lipinski definition) is 8. The minimum atomic E-state index is -1.30. The summed E-state index contributed by atoms with van der Waals surface area (Å²) in [5.41, 5.74) is 5.85. The second-order valence-corrected chi connectivity index (χ2v) is 7.80. The monoisotopic (exact) mass is 458 g/mol. The van der Waals surface area contributed by atoms with Gasteiger partial charge in [-0.3, -0.25) is 20.1 Å². The average Bonchev–Trinajstić information content (AvgIpc) is 3.21. The van der Waals surface area contributed by atoms with Crippen molar-refractivity contribution >= 4 is 23.6 Å². The van der Waals surface area contributed by atoms with Crippen LogP contribution in [-0.4, -0.2) is 54.4 Å². The molecule has 10 nitrogen and oxygen atoms in total. The van der Waals surface area contributed by atoms with Crippen LogP contribution in [0.15, 0.2) is 54.6 Å². The first-order chi connectivity index (χ1) is 15.3. The summed E-state index contributed by atoms with van der Waals surface area (Å²) in [6.45, 7) is 1.36. The molecule has 1 aromatic heterocycles. The van der Waals surface area contributed by atoms with Crippen LogP contribution in [-0.2, 0) is 4.74 Å². The second-order valence-electron chi connectivity index (χ2n) is 7.43. The number of aliphatic hydroxyl groups is 3. The van der Waals surface area contributed by atoms with Gasteiger partial charge in [0, 0.05) is 23.4 Å². The predicted molar refractivity (Wildman–Crippen MR) is 119 cm³/mol. The molecule has 3 aromatic rings. The van der Waals surface area contributed by atoms with Crippen LogP contribution >= 0.6 is 12.2 Å². The molecule has 0 unspecified atom stereocenters. The van der Waals surface area contributed by atoms with Crippen molar-refractivity contribution in [1.82, 2.24) is 9.24 Å². The van der Waals surface area contributed by atoms with Gasteiger partial charge in [0.25, 0.3) is 5.69 Å². The summed E-state index contributed by atoms with van der Waals surface area (Å²) in [6.07, 6.45) is -4.51. The highest BCUT2D eigenvalue weighted by molar-refractivity contribution is 7.71. The molecule has 2 aromatic carbocycles. The highest BCUT2D eigenvalue weighted by Gasteiger charge is 2.44. The molecule has 1 saturated heterocycles. The zero-order valence-electron chi connectivity index (χ0n) is 17.0. The maximum atomic E-state index is 11.0. The standard InChI is InChI=1S/C21H22N4O6S/c1-12-17(13-5-3-2-4-6-13)24(22-14-7-9-15(10-8-14)25(29)30)21(32)23(12)20-19(28)18(27)16(11-26)31-20/h2-10,16,18-20,22,26-28H,11H2,1H3/t16-,18-,19-,20-/m1/s1. The normalized spacial score (nSPS) is 22.8. The number of ether oxygens (including phenoxy) is 1. The van der Waals surface area contributed by atoms with Gasteiger partial charge in [0.1, 0.15) is 18.3 Å². The Morgan fingerprint density at radius 3 is 2.34 bits per heavy atom. The molecule has 2 heterocycles. The average molecular weight is 458 g/mol. The van der Waals surface area contributed by atoms with E-state index < -0.39 is 36.1 Å². The van der Waals surface area contributed by atoms with Gasteiger partial charge in [0.2, 0.25) is 4.77 Å². The van der Waals surface area contributed by atoms with Gasteiger partial charge in [-0.1, -0.05) is 30.3 Å². The summed E-state index contributed by atoms with van der Waals surface area (Å²) in [4.78, 5) is 10.5. The fraction of sp³-hybridized carbons (Fsp3) is 0.286. The molecule has 0 radical (unpaired) electrons. The number of nitro groups is 1. The second kappa shape index (κ2) is 8.81. The number of non-ortho nitro benzene ring substituents is 1. The van der Waals surface area contributed by atoms with Crippen molar-refractivity contribution in [2.24, 2.45) is 0 Å². The van der Waals surface area contributed by atoms with Crippen LogP contribution in [0.1, 0.15) is 11.9 Å². The van der Waals surface area contributed by atoms with Crippen LogP contribution in [0, 0.1) is 21.8 Å².